The zero-order valence-corrected chi connectivity index (χ0v) is 11.0. The lowest BCUT2D eigenvalue weighted by Gasteiger charge is -2.09. The average Bonchev–Trinajstić information content (AvgIpc) is 2.38. The van der Waals surface area contributed by atoms with Gasteiger partial charge in [-0.25, -0.2) is 13.6 Å². The number of hydrogen-bond donors (Lipinski definition) is 3. The molecule has 20 heavy (non-hydrogen) atoms. The van der Waals surface area contributed by atoms with Crippen molar-refractivity contribution in [3.63, 3.8) is 0 Å². The van der Waals surface area contributed by atoms with E-state index >= 15 is 0 Å². The lowest BCUT2D eigenvalue weighted by molar-refractivity contribution is -0.141. The Balaban J connectivity index is 2.34. The van der Waals surface area contributed by atoms with Crippen molar-refractivity contribution in [1.82, 2.24) is 5.32 Å². The van der Waals surface area contributed by atoms with Crippen molar-refractivity contribution in [2.24, 2.45) is 5.92 Å². The van der Waals surface area contributed by atoms with Crippen molar-refractivity contribution in [3.05, 3.63) is 29.8 Å². The first-order chi connectivity index (χ1) is 9.40. The summed E-state index contributed by atoms with van der Waals surface area (Å²) in [5, 5.41) is 13.3. The number of nitrogens with one attached hydrogen (secondary N) is 2. The number of urea groups is 1. The fraction of sp³-hybridized carbons (Fsp3) is 0.385. The van der Waals surface area contributed by atoms with Gasteiger partial charge in [0.15, 0.2) is 0 Å². The van der Waals surface area contributed by atoms with Crippen molar-refractivity contribution in [1.29, 1.82) is 0 Å². The van der Waals surface area contributed by atoms with Crippen molar-refractivity contribution in [2.75, 3.05) is 11.9 Å². The fourth-order valence-electron chi connectivity index (χ4n) is 1.49. The second-order valence-corrected chi connectivity index (χ2v) is 4.39. The number of rotatable bonds is 6. The highest BCUT2D eigenvalue weighted by Crippen LogP contribution is 2.14. The third-order valence-corrected chi connectivity index (χ3v) is 2.70. The monoisotopic (exact) mass is 286 g/mol. The number of aliphatic carboxylic acids is 1. The molecule has 1 rings (SSSR count). The van der Waals surface area contributed by atoms with Gasteiger partial charge in [0.2, 0.25) is 0 Å². The molecule has 0 aromatic heterocycles. The second kappa shape index (κ2) is 7.42. The molecule has 0 radical (unpaired) electrons. The molecule has 3 N–H and O–H groups in total. The molecule has 0 aliphatic rings. The van der Waals surface area contributed by atoms with E-state index in [1.807, 2.05) is 0 Å². The molecular formula is C13H16F2N2O3. The van der Waals surface area contributed by atoms with Gasteiger partial charge in [0.05, 0.1) is 11.6 Å². The number of hydrogen-bond acceptors (Lipinski definition) is 2. The highest BCUT2D eigenvalue weighted by Gasteiger charge is 2.11. The molecule has 0 heterocycles. The van der Waals surface area contributed by atoms with Crippen LogP contribution in [0.3, 0.4) is 0 Å². The van der Waals surface area contributed by atoms with Gasteiger partial charge in [-0.2, -0.15) is 0 Å². The highest BCUT2D eigenvalue weighted by molar-refractivity contribution is 5.89. The number of halogens is 2. The Morgan fingerprint density at radius 3 is 2.70 bits per heavy atom. The Morgan fingerprint density at radius 1 is 1.35 bits per heavy atom. The normalized spacial score (nSPS) is 11.8. The summed E-state index contributed by atoms with van der Waals surface area (Å²) in [5.74, 6) is -2.77. The lowest BCUT2D eigenvalue weighted by Crippen LogP contribution is -2.30. The van der Waals surface area contributed by atoms with E-state index in [1.165, 1.54) is 0 Å². The molecule has 0 saturated heterocycles. The molecular weight excluding hydrogens is 270 g/mol. The van der Waals surface area contributed by atoms with Crippen LogP contribution in [-0.4, -0.2) is 23.7 Å². The Hall–Kier alpha value is -2.18. The molecule has 1 atom stereocenters. The Bertz CT molecular complexity index is 495. The van der Waals surface area contributed by atoms with E-state index < -0.39 is 29.6 Å². The summed E-state index contributed by atoms with van der Waals surface area (Å²) in [7, 11) is 0. The molecule has 0 saturated carbocycles. The first-order valence-electron chi connectivity index (χ1n) is 6.13. The molecule has 110 valence electrons. The minimum absolute atomic E-state index is 0.249. The molecule has 0 aliphatic heterocycles. The van der Waals surface area contributed by atoms with Crippen LogP contribution in [0.4, 0.5) is 19.3 Å². The van der Waals surface area contributed by atoms with Crippen LogP contribution in [-0.2, 0) is 4.79 Å². The summed E-state index contributed by atoms with van der Waals surface area (Å²) in [6.45, 7) is 1.82. The van der Waals surface area contributed by atoms with E-state index in [2.05, 4.69) is 10.6 Å². The maximum atomic E-state index is 13.2. The van der Waals surface area contributed by atoms with Gasteiger partial charge in [-0.1, -0.05) is 6.92 Å². The van der Waals surface area contributed by atoms with Gasteiger partial charge in [-0.15, -0.1) is 0 Å². The average molecular weight is 286 g/mol. The maximum absolute atomic E-state index is 13.2. The number of carboxylic acid groups (broad SMARTS) is 1. The molecule has 0 bridgehead atoms. The van der Waals surface area contributed by atoms with Gasteiger partial charge < -0.3 is 15.7 Å². The predicted octanol–water partition coefficient (Wildman–Crippen LogP) is 2.59. The number of anilines is 1. The summed E-state index contributed by atoms with van der Waals surface area (Å²) < 4.78 is 26.1. The van der Waals surface area contributed by atoms with E-state index in [1.54, 1.807) is 6.92 Å². The minimum atomic E-state index is -0.892. The summed E-state index contributed by atoms with van der Waals surface area (Å²) in [4.78, 5) is 22.0. The molecule has 7 heteroatoms. The third kappa shape index (κ3) is 5.21. The molecule has 0 fully saturated rings. The minimum Gasteiger partial charge on any atom is -0.481 e. The second-order valence-electron chi connectivity index (χ2n) is 4.39. The Morgan fingerprint density at radius 2 is 2.05 bits per heavy atom. The van der Waals surface area contributed by atoms with Gasteiger partial charge in [-0.3, -0.25) is 4.79 Å². The third-order valence-electron chi connectivity index (χ3n) is 2.70. The van der Waals surface area contributed by atoms with Crippen LogP contribution in [0.25, 0.3) is 0 Å². The van der Waals surface area contributed by atoms with E-state index in [0.717, 1.165) is 18.2 Å². The Kier molecular flexibility index (Phi) is 5.89. The molecule has 1 aromatic carbocycles. The van der Waals surface area contributed by atoms with Crippen LogP contribution in [0, 0.1) is 17.6 Å². The van der Waals surface area contributed by atoms with Crippen LogP contribution in [0.5, 0.6) is 0 Å². The summed E-state index contributed by atoms with van der Waals surface area (Å²) in [6, 6.07) is 2.07. The zero-order valence-electron chi connectivity index (χ0n) is 11.0. The van der Waals surface area contributed by atoms with Crippen molar-refractivity contribution in [2.45, 2.75) is 19.8 Å². The fourth-order valence-corrected chi connectivity index (χ4v) is 1.49. The van der Waals surface area contributed by atoms with Crippen LogP contribution >= 0.6 is 0 Å². The first-order valence-corrected chi connectivity index (χ1v) is 6.13. The first kappa shape index (κ1) is 15.9. The van der Waals surface area contributed by atoms with Gasteiger partial charge in [0, 0.05) is 12.6 Å². The van der Waals surface area contributed by atoms with Crippen LogP contribution in [0.2, 0.25) is 0 Å². The summed E-state index contributed by atoms with van der Waals surface area (Å²) >= 11 is 0. The van der Waals surface area contributed by atoms with Crippen LogP contribution in [0.15, 0.2) is 18.2 Å². The Labute approximate surface area is 115 Å². The van der Waals surface area contributed by atoms with Gasteiger partial charge in [-0.05, 0) is 25.0 Å². The number of benzene rings is 1. The van der Waals surface area contributed by atoms with E-state index in [4.69, 9.17) is 5.11 Å². The standard InChI is InChI=1S/C13H16F2N2O3/c1-8(12(18)19)3-2-6-16-13(20)17-11-7-9(14)4-5-10(11)15/h4-5,7-8H,2-3,6H2,1H3,(H,18,19)(H2,16,17,20). The number of carbonyl (C=O) groups is 2. The van der Waals surface area contributed by atoms with E-state index in [0.29, 0.717) is 12.8 Å². The van der Waals surface area contributed by atoms with E-state index in [9.17, 15) is 18.4 Å². The molecule has 1 unspecified atom stereocenters. The van der Waals surface area contributed by atoms with E-state index in [-0.39, 0.29) is 12.2 Å². The molecule has 2 amide bonds. The van der Waals surface area contributed by atoms with Crippen LogP contribution in [0.1, 0.15) is 19.8 Å². The number of carbonyl (C=O) groups excluding carboxylic acids is 1. The quantitative estimate of drug-likeness (QED) is 0.703. The predicted molar refractivity (Wildman–Crippen MR) is 69.4 cm³/mol. The summed E-state index contributed by atoms with van der Waals surface area (Å²) in [6.07, 6.45) is 0.899. The zero-order chi connectivity index (χ0) is 15.1. The largest absolute Gasteiger partial charge is 0.481 e. The van der Waals surface area contributed by atoms with Crippen molar-refractivity contribution >= 4 is 17.7 Å². The smallest absolute Gasteiger partial charge is 0.319 e. The maximum Gasteiger partial charge on any atom is 0.319 e. The van der Waals surface area contributed by atoms with Gasteiger partial charge in [0.25, 0.3) is 0 Å². The number of amides is 2. The molecule has 0 aliphatic carbocycles. The van der Waals surface area contributed by atoms with Crippen LogP contribution < -0.4 is 10.6 Å². The highest BCUT2D eigenvalue weighted by atomic mass is 19.1. The van der Waals surface area contributed by atoms with Gasteiger partial charge >= 0.3 is 12.0 Å². The topological polar surface area (TPSA) is 78.4 Å². The summed E-state index contributed by atoms with van der Waals surface area (Å²) in [5.41, 5.74) is -0.249. The molecule has 0 spiro atoms. The number of carboxylic acids is 1. The molecule has 5 nitrogen and oxygen atoms in total. The molecule has 1 aromatic rings. The van der Waals surface area contributed by atoms with Crippen molar-refractivity contribution in [3.8, 4) is 0 Å². The van der Waals surface area contributed by atoms with Gasteiger partial charge in [0.1, 0.15) is 11.6 Å². The lowest BCUT2D eigenvalue weighted by atomic mass is 10.1. The SMILES string of the molecule is CC(CCCNC(=O)Nc1cc(F)ccc1F)C(=O)O. The van der Waals surface area contributed by atoms with Crippen molar-refractivity contribution < 1.29 is 23.5 Å².